The highest BCUT2D eigenvalue weighted by atomic mass is 32.2. The second-order valence-corrected chi connectivity index (χ2v) is 7.58. The lowest BCUT2D eigenvalue weighted by Crippen LogP contribution is -2.19. The van der Waals surface area contributed by atoms with Crippen LogP contribution >= 0.6 is 0 Å². The van der Waals surface area contributed by atoms with Crippen LogP contribution in [0.4, 0.5) is 0 Å². The number of hydrogen-bond acceptors (Lipinski definition) is 4. The van der Waals surface area contributed by atoms with Crippen molar-refractivity contribution in [1.29, 1.82) is 0 Å². The lowest BCUT2D eigenvalue weighted by atomic mass is 10.2. The molecule has 1 aromatic heterocycles. The van der Waals surface area contributed by atoms with E-state index in [1.54, 1.807) is 30.5 Å². The van der Waals surface area contributed by atoms with E-state index in [-0.39, 0.29) is 0 Å². The van der Waals surface area contributed by atoms with E-state index < -0.39 is 9.84 Å². The lowest BCUT2D eigenvalue weighted by molar-refractivity contribution is 0.544. The first-order chi connectivity index (χ1) is 9.86. The molecule has 0 spiro atoms. The molecule has 0 radical (unpaired) electrons. The predicted octanol–water partition coefficient (Wildman–Crippen LogP) is 2.23. The van der Waals surface area contributed by atoms with Gasteiger partial charge in [0.1, 0.15) is 5.82 Å². The van der Waals surface area contributed by atoms with Gasteiger partial charge in [-0.1, -0.05) is 26.0 Å². The lowest BCUT2D eigenvalue weighted by Gasteiger charge is -2.05. The van der Waals surface area contributed by atoms with Crippen molar-refractivity contribution in [3.8, 4) is 11.3 Å². The molecule has 2 aromatic rings. The van der Waals surface area contributed by atoms with Crippen LogP contribution in [0.5, 0.6) is 0 Å². The summed E-state index contributed by atoms with van der Waals surface area (Å²) < 4.78 is 22.9. The number of rotatable bonds is 6. The minimum Gasteiger partial charge on any atom is -0.341 e. The molecule has 0 bridgehead atoms. The summed E-state index contributed by atoms with van der Waals surface area (Å²) in [5.74, 6) is 1.47. The smallest absolute Gasteiger partial charge is 0.175 e. The van der Waals surface area contributed by atoms with Crippen LogP contribution in [0.3, 0.4) is 0 Å². The molecule has 0 amide bonds. The minimum atomic E-state index is -3.15. The van der Waals surface area contributed by atoms with Gasteiger partial charge < -0.3 is 10.3 Å². The number of H-pyrrole nitrogens is 1. The number of benzene rings is 1. The summed E-state index contributed by atoms with van der Waals surface area (Å²) in [6.07, 6.45) is 2.97. The summed E-state index contributed by atoms with van der Waals surface area (Å²) in [6.45, 7) is 5.95. The maximum atomic E-state index is 11.4. The van der Waals surface area contributed by atoms with Gasteiger partial charge >= 0.3 is 0 Å². The van der Waals surface area contributed by atoms with Crippen LogP contribution in [0, 0.1) is 5.92 Å². The van der Waals surface area contributed by atoms with Crippen LogP contribution in [0.25, 0.3) is 11.3 Å². The molecule has 2 rings (SSSR count). The molecule has 1 aromatic carbocycles. The van der Waals surface area contributed by atoms with Crippen LogP contribution < -0.4 is 5.32 Å². The number of aromatic amines is 1. The highest BCUT2D eigenvalue weighted by Gasteiger charge is 2.08. The normalized spacial score (nSPS) is 12.0. The molecule has 0 unspecified atom stereocenters. The molecular formula is C15H21N3O2S. The van der Waals surface area contributed by atoms with Crippen molar-refractivity contribution >= 4 is 9.84 Å². The Morgan fingerprint density at radius 3 is 2.48 bits per heavy atom. The Labute approximate surface area is 125 Å². The van der Waals surface area contributed by atoms with Crippen molar-refractivity contribution in [2.24, 2.45) is 5.92 Å². The summed E-state index contributed by atoms with van der Waals surface area (Å²) in [4.78, 5) is 7.89. The molecule has 0 aliphatic heterocycles. The molecule has 1 heterocycles. The molecule has 0 atom stereocenters. The summed E-state index contributed by atoms with van der Waals surface area (Å²) >= 11 is 0. The Bertz CT molecular complexity index is 688. The van der Waals surface area contributed by atoms with Crippen LogP contribution in [0.15, 0.2) is 35.4 Å². The summed E-state index contributed by atoms with van der Waals surface area (Å²) in [5.41, 5.74) is 1.81. The zero-order chi connectivity index (χ0) is 15.5. The van der Waals surface area contributed by atoms with Gasteiger partial charge in [0.15, 0.2) is 9.84 Å². The van der Waals surface area contributed by atoms with Gasteiger partial charge in [0, 0.05) is 6.26 Å². The molecule has 0 fully saturated rings. The zero-order valence-corrected chi connectivity index (χ0v) is 13.4. The van der Waals surface area contributed by atoms with Gasteiger partial charge in [-0.3, -0.25) is 0 Å². The number of nitrogens with zero attached hydrogens (tertiary/aromatic N) is 1. The Kier molecular flexibility index (Phi) is 4.80. The third-order valence-electron chi connectivity index (χ3n) is 3.07. The number of hydrogen-bond donors (Lipinski definition) is 2. The molecule has 5 nitrogen and oxygen atoms in total. The van der Waals surface area contributed by atoms with Crippen molar-refractivity contribution in [1.82, 2.24) is 15.3 Å². The maximum absolute atomic E-state index is 11.4. The number of nitrogens with one attached hydrogen (secondary N) is 2. The summed E-state index contributed by atoms with van der Waals surface area (Å²) in [6, 6.07) is 6.80. The quantitative estimate of drug-likeness (QED) is 0.858. The van der Waals surface area contributed by atoms with Gasteiger partial charge in [-0.15, -0.1) is 0 Å². The SMILES string of the molecule is CC(C)CNCc1ncc(-c2ccc(S(C)(=O)=O)cc2)[nH]1. The van der Waals surface area contributed by atoms with Gasteiger partial charge in [0.2, 0.25) is 0 Å². The van der Waals surface area contributed by atoms with Crippen molar-refractivity contribution < 1.29 is 8.42 Å². The molecule has 114 valence electrons. The van der Waals surface area contributed by atoms with Crippen LogP contribution in [-0.4, -0.2) is 31.2 Å². The highest BCUT2D eigenvalue weighted by molar-refractivity contribution is 7.90. The average molecular weight is 307 g/mol. The Hall–Kier alpha value is -1.66. The molecule has 6 heteroatoms. The topological polar surface area (TPSA) is 74.8 Å². The van der Waals surface area contributed by atoms with Crippen molar-refractivity contribution in [2.75, 3.05) is 12.8 Å². The van der Waals surface area contributed by atoms with E-state index in [0.29, 0.717) is 17.4 Å². The largest absolute Gasteiger partial charge is 0.341 e. The molecule has 2 N–H and O–H groups in total. The monoisotopic (exact) mass is 307 g/mol. The highest BCUT2D eigenvalue weighted by Crippen LogP contribution is 2.19. The summed E-state index contributed by atoms with van der Waals surface area (Å²) in [5, 5.41) is 3.32. The standard InChI is InChI=1S/C15H21N3O2S/c1-11(2)8-16-10-15-17-9-14(18-15)12-4-6-13(7-5-12)21(3,19)20/h4-7,9,11,16H,8,10H2,1-3H3,(H,17,18). The van der Waals surface area contributed by atoms with Crippen LogP contribution in [0.2, 0.25) is 0 Å². The van der Waals surface area contributed by atoms with E-state index in [4.69, 9.17) is 0 Å². The van der Waals surface area contributed by atoms with Gasteiger partial charge in [-0.05, 0) is 30.2 Å². The second kappa shape index (κ2) is 6.41. The van der Waals surface area contributed by atoms with Crippen molar-refractivity contribution in [3.63, 3.8) is 0 Å². The van der Waals surface area contributed by atoms with Gasteiger partial charge in [-0.25, -0.2) is 13.4 Å². The van der Waals surface area contributed by atoms with Gasteiger partial charge in [0.05, 0.1) is 23.3 Å². The fourth-order valence-electron chi connectivity index (χ4n) is 1.96. The molecule has 0 aliphatic carbocycles. The fourth-order valence-corrected chi connectivity index (χ4v) is 2.59. The van der Waals surface area contributed by atoms with Crippen molar-refractivity contribution in [2.45, 2.75) is 25.3 Å². The number of aromatic nitrogens is 2. The van der Waals surface area contributed by atoms with E-state index >= 15 is 0 Å². The van der Waals surface area contributed by atoms with Gasteiger partial charge in [0.25, 0.3) is 0 Å². The predicted molar refractivity (Wildman–Crippen MR) is 83.7 cm³/mol. The minimum absolute atomic E-state index is 0.324. The van der Waals surface area contributed by atoms with E-state index in [1.165, 1.54) is 6.26 Å². The Morgan fingerprint density at radius 2 is 1.90 bits per heavy atom. The number of sulfone groups is 1. The Balaban J connectivity index is 2.07. The van der Waals surface area contributed by atoms with E-state index in [2.05, 4.69) is 29.1 Å². The molecule has 0 saturated carbocycles. The van der Waals surface area contributed by atoms with E-state index in [9.17, 15) is 8.42 Å². The fraction of sp³-hybridized carbons (Fsp3) is 0.400. The second-order valence-electron chi connectivity index (χ2n) is 5.56. The molecular weight excluding hydrogens is 286 g/mol. The third kappa shape index (κ3) is 4.41. The molecule has 0 aliphatic rings. The van der Waals surface area contributed by atoms with E-state index in [0.717, 1.165) is 23.6 Å². The van der Waals surface area contributed by atoms with E-state index in [1.807, 2.05) is 0 Å². The van der Waals surface area contributed by atoms with Crippen LogP contribution in [-0.2, 0) is 16.4 Å². The molecule has 0 saturated heterocycles. The van der Waals surface area contributed by atoms with Gasteiger partial charge in [-0.2, -0.15) is 0 Å². The first-order valence-corrected chi connectivity index (χ1v) is 8.80. The number of imidazole rings is 1. The zero-order valence-electron chi connectivity index (χ0n) is 12.6. The first kappa shape index (κ1) is 15.7. The maximum Gasteiger partial charge on any atom is 0.175 e. The average Bonchev–Trinajstić information content (AvgIpc) is 2.86. The molecule has 21 heavy (non-hydrogen) atoms. The van der Waals surface area contributed by atoms with Crippen LogP contribution in [0.1, 0.15) is 19.7 Å². The Morgan fingerprint density at radius 1 is 1.24 bits per heavy atom. The third-order valence-corrected chi connectivity index (χ3v) is 4.20. The first-order valence-electron chi connectivity index (χ1n) is 6.91. The van der Waals surface area contributed by atoms with Crippen molar-refractivity contribution in [3.05, 3.63) is 36.3 Å². The summed E-state index contributed by atoms with van der Waals surface area (Å²) in [7, 11) is -3.15.